The molecule has 6 heteroatoms. The molecule has 0 radical (unpaired) electrons. The molecule has 0 fully saturated rings. The number of esters is 1. The van der Waals surface area contributed by atoms with Gasteiger partial charge in [-0.2, -0.15) is 0 Å². The second-order valence-electron chi connectivity index (χ2n) is 4.17. The number of hydrogen-bond donors (Lipinski definition) is 1. The quantitative estimate of drug-likeness (QED) is 0.719. The van der Waals surface area contributed by atoms with E-state index in [1.54, 1.807) is 42.5 Å². The zero-order valence-electron chi connectivity index (χ0n) is 10.6. The third-order valence-electron chi connectivity index (χ3n) is 2.90. The van der Waals surface area contributed by atoms with E-state index in [0.717, 1.165) is 0 Å². The summed E-state index contributed by atoms with van der Waals surface area (Å²) in [5.41, 5.74) is 2.06. The van der Waals surface area contributed by atoms with E-state index in [0.29, 0.717) is 22.3 Å². The second kappa shape index (κ2) is 4.65. The molecule has 0 bridgehead atoms. The highest BCUT2D eigenvalue weighted by molar-refractivity contribution is 5.93. The average Bonchev–Trinajstić information content (AvgIpc) is 2.89. The van der Waals surface area contributed by atoms with E-state index >= 15 is 0 Å². The van der Waals surface area contributed by atoms with Crippen molar-refractivity contribution in [1.82, 2.24) is 15.0 Å². The van der Waals surface area contributed by atoms with E-state index in [2.05, 4.69) is 14.9 Å². The summed E-state index contributed by atoms with van der Waals surface area (Å²) >= 11 is 0. The number of aromatic nitrogens is 3. The molecule has 0 spiro atoms. The lowest BCUT2D eigenvalue weighted by molar-refractivity contribution is 0.0601. The predicted octanol–water partition coefficient (Wildman–Crippen LogP) is 1.91. The van der Waals surface area contributed by atoms with Gasteiger partial charge in [-0.05, 0) is 30.3 Å². The predicted molar refractivity (Wildman–Crippen MR) is 71.9 cm³/mol. The molecule has 3 aromatic rings. The number of phenolic OH excluding ortho intramolecular Hbond substituents is 1. The molecule has 1 N–H and O–H groups in total. The van der Waals surface area contributed by atoms with Crippen molar-refractivity contribution in [1.29, 1.82) is 0 Å². The summed E-state index contributed by atoms with van der Waals surface area (Å²) in [4.78, 5) is 12.8. The number of phenols is 1. The molecule has 6 nitrogen and oxygen atoms in total. The molecule has 1 heterocycles. The molecule has 0 saturated heterocycles. The smallest absolute Gasteiger partial charge is 0.337 e. The topological polar surface area (TPSA) is 77.2 Å². The van der Waals surface area contributed by atoms with Gasteiger partial charge in [-0.25, -0.2) is 4.79 Å². The van der Waals surface area contributed by atoms with Crippen LogP contribution in [0.25, 0.3) is 16.7 Å². The van der Waals surface area contributed by atoms with Crippen LogP contribution in [-0.2, 0) is 4.74 Å². The highest BCUT2D eigenvalue weighted by Gasteiger charge is 2.11. The Hall–Kier alpha value is -2.89. The number of carbonyl (C=O) groups excluding carboxylic acids is 1. The van der Waals surface area contributed by atoms with E-state index in [4.69, 9.17) is 0 Å². The number of hydrogen-bond acceptors (Lipinski definition) is 5. The highest BCUT2D eigenvalue weighted by Crippen LogP contribution is 2.21. The lowest BCUT2D eigenvalue weighted by Gasteiger charge is -2.00. The first-order chi connectivity index (χ1) is 9.69. The van der Waals surface area contributed by atoms with E-state index in [9.17, 15) is 9.90 Å². The maximum atomic E-state index is 11.5. The van der Waals surface area contributed by atoms with Crippen LogP contribution in [0.3, 0.4) is 0 Å². The van der Waals surface area contributed by atoms with Crippen LogP contribution in [0.15, 0.2) is 42.5 Å². The van der Waals surface area contributed by atoms with Gasteiger partial charge in [-0.15, -0.1) is 15.0 Å². The Morgan fingerprint density at radius 1 is 1.15 bits per heavy atom. The van der Waals surface area contributed by atoms with Crippen molar-refractivity contribution in [3.8, 4) is 11.4 Å². The molecule has 100 valence electrons. The number of nitrogens with zero attached hydrogens (tertiary/aromatic N) is 3. The second-order valence-corrected chi connectivity index (χ2v) is 4.17. The fourth-order valence-electron chi connectivity index (χ4n) is 1.90. The molecule has 0 amide bonds. The van der Waals surface area contributed by atoms with Gasteiger partial charge in [-0.1, -0.05) is 12.1 Å². The fourth-order valence-corrected chi connectivity index (χ4v) is 1.90. The number of carbonyl (C=O) groups is 1. The van der Waals surface area contributed by atoms with Crippen LogP contribution in [0.5, 0.6) is 5.75 Å². The molecule has 0 unspecified atom stereocenters. The van der Waals surface area contributed by atoms with Crippen molar-refractivity contribution < 1.29 is 14.6 Å². The summed E-state index contributed by atoms with van der Waals surface area (Å²) in [6.45, 7) is 0. The molecule has 0 atom stereocenters. The summed E-state index contributed by atoms with van der Waals surface area (Å²) in [5.74, 6) is -0.343. The monoisotopic (exact) mass is 269 g/mol. The largest absolute Gasteiger partial charge is 0.506 e. The van der Waals surface area contributed by atoms with Crippen LogP contribution in [0.2, 0.25) is 0 Å². The van der Waals surface area contributed by atoms with Crippen LogP contribution >= 0.6 is 0 Å². The number of ether oxygens (including phenoxy) is 1. The van der Waals surface area contributed by atoms with E-state index in [1.807, 2.05) is 0 Å². The van der Waals surface area contributed by atoms with Crippen molar-refractivity contribution in [3.05, 3.63) is 48.0 Å². The molecule has 3 rings (SSSR count). The highest BCUT2D eigenvalue weighted by atomic mass is 16.5. The minimum absolute atomic E-state index is 0.0843. The van der Waals surface area contributed by atoms with Gasteiger partial charge >= 0.3 is 5.97 Å². The standard InChI is InChI=1S/C14H11N3O3/c1-20-14(19)9-6-7-10-11(8-9)16-17(15-10)12-4-2-3-5-13(12)18/h2-8,18H,1H3. The van der Waals surface area contributed by atoms with Crippen LogP contribution < -0.4 is 0 Å². The molecule has 20 heavy (non-hydrogen) atoms. The Balaban J connectivity index is 2.12. The van der Waals surface area contributed by atoms with Gasteiger partial charge in [0.1, 0.15) is 22.5 Å². The zero-order chi connectivity index (χ0) is 14.1. The summed E-state index contributed by atoms with van der Waals surface area (Å²) in [5, 5.41) is 18.3. The van der Waals surface area contributed by atoms with Crippen LogP contribution in [0.1, 0.15) is 10.4 Å². The zero-order valence-corrected chi connectivity index (χ0v) is 10.6. The number of fused-ring (bicyclic) bond motifs is 1. The van der Waals surface area contributed by atoms with E-state index in [-0.39, 0.29) is 5.75 Å². The Kier molecular flexibility index (Phi) is 2.83. The van der Waals surface area contributed by atoms with Gasteiger partial charge < -0.3 is 9.84 Å². The number of rotatable bonds is 2. The molecule has 0 aliphatic rings. The van der Waals surface area contributed by atoms with E-state index < -0.39 is 5.97 Å². The Morgan fingerprint density at radius 3 is 2.65 bits per heavy atom. The number of methoxy groups -OCH3 is 1. The number of para-hydroxylation sites is 2. The number of benzene rings is 2. The molecule has 2 aromatic carbocycles. The first-order valence-corrected chi connectivity index (χ1v) is 5.93. The molecule has 0 aliphatic carbocycles. The van der Waals surface area contributed by atoms with Gasteiger partial charge in [0.25, 0.3) is 0 Å². The molecule has 0 aliphatic heterocycles. The Bertz CT molecular complexity index is 795. The molecule has 0 saturated carbocycles. The van der Waals surface area contributed by atoms with Crippen LogP contribution in [0.4, 0.5) is 0 Å². The van der Waals surface area contributed by atoms with E-state index in [1.165, 1.54) is 11.9 Å². The van der Waals surface area contributed by atoms with Gasteiger partial charge in [-0.3, -0.25) is 0 Å². The van der Waals surface area contributed by atoms with Crippen molar-refractivity contribution in [2.75, 3.05) is 7.11 Å². The summed E-state index contributed by atoms with van der Waals surface area (Å²) in [7, 11) is 1.32. The van der Waals surface area contributed by atoms with Crippen molar-refractivity contribution in [2.24, 2.45) is 0 Å². The summed E-state index contributed by atoms with van der Waals surface area (Å²) < 4.78 is 4.66. The summed E-state index contributed by atoms with van der Waals surface area (Å²) in [6, 6.07) is 11.7. The Morgan fingerprint density at radius 2 is 1.90 bits per heavy atom. The first kappa shape index (κ1) is 12.2. The van der Waals surface area contributed by atoms with Crippen molar-refractivity contribution in [2.45, 2.75) is 0 Å². The SMILES string of the molecule is COC(=O)c1ccc2nn(-c3ccccc3O)nc2c1. The minimum atomic E-state index is -0.427. The third-order valence-corrected chi connectivity index (χ3v) is 2.90. The molecular formula is C14H11N3O3. The Labute approximate surface area is 114 Å². The average molecular weight is 269 g/mol. The third kappa shape index (κ3) is 1.97. The molecule has 1 aromatic heterocycles. The maximum Gasteiger partial charge on any atom is 0.337 e. The first-order valence-electron chi connectivity index (χ1n) is 5.93. The van der Waals surface area contributed by atoms with Crippen LogP contribution in [0, 0.1) is 0 Å². The van der Waals surface area contributed by atoms with Crippen molar-refractivity contribution in [3.63, 3.8) is 0 Å². The van der Waals surface area contributed by atoms with Crippen LogP contribution in [-0.4, -0.2) is 33.2 Å². The maximum absolute atomic E-state index is 11.5. The minimum Gasteiger partial charge on any atom is -0.506 e. The normalized spacial score (nSPS) is 10.7. The fraction of sp³-hybridized carbons (Fsp3) is 0.0714. The van der Waals surface area contributed by atoms with Gasteiger partial charge in [0.2, 0.25) is 0 Å². The lowest BCUT2D eigenvalue weighted by atomic mass is 10.2. The molecular weight excluding hydrogens is 258 g/mol. The van der Waals surface area contributed by atoms with Gasteiger partial charge in [0.05, 0.1) is 12.7 Å². The lowest BCUT2D eigenvalue weighted by Crippen LogP contribution is -2.00. The summed E-state index contributed by atoms with van der Waals surface area (Å²) in [6.07, 6.45) is 0. The van der Waals surface area contributed by atoms with Gasteiger partial charge in [0, 0.05) is 0 Å². The van der Waals surface area contributed by atoms with Gasteiger partial charge in [0.15, 0.2) is 0 Å². The van der Waals surface area contributed by atoms with Crippen molar-refractivity contribution >= 4 is 17.0 Å². The number of aromatic hydroxyl groups is 1.